The van der Waals surface area contributed by atoms with Gasteiger partial charge in [-0.3, -0.25) is 0 Å². The van der Waals surface area contributed by atoms with Crippen LogP contribution in [-0.2, 0) is 0 Å². The van der Waals surface area contributed by atoms with E-state index in [1.807, 2.05) is 0 Å². The number of aliphatic hydroxyl groups is 1. The second kappa shape index (κ2) is 4.65. The molecule has 1 aliphatic rings. The molecule has 0 spiro atoms. The lowest BCUT2D eigenvalue weighted by atomic mass is 10.1. The molecular weight excluding hydrogens is 214 g/mol. The van der Waals surface area contributed by atoms with Gasteiger partial charge in [0.05, 0.1) is 17.3 Å². The largest absolute Gasteiger partial charge is 0.373 e. The van der Waals surface area contributed by atoms with Gasteiger partial charge in [-0.2, -0.15) is 10.5 Å². The van der Waals surface area contributed by atoms with E-state index in [1.54, 1.807) is 37.4 Å². The van der Waals surface area contributed by atoms with Crippen molar-refractivity contribution in [3.8, 4) is 12.1 Å². The molecule has 76 valence electrons. The summed E-state index contributed by atoms with van der Waals surface area (Å²) in [4.78, 5) is 1.53. The van der Waals surface area contributed by atoms with Gasteiger partial charge in [0.25, 0.3) is 0 Å². The van der Waals surface area contributed by atoms with Gasteiger partial charge in [-0.1, -0.05) is 17.7 Å². The Morgan fingerprint density at radius 1 is 1.60 bits per heavy atom. The summed E-state index contributed by atoms with van der Waals surface area (Å²) in [5, 5.41) is 27.1. The van der Waals surface area contributed by atoms with E-state index in [0.717, 1.165) is 0 Å². The highest BCUT2D eigenvalue weighted by atomic mass is 35.5. The number of likely N-dealkylation sites (N-methyl/N-ethyl adjacent to an activating group) is 1. The predicted octanol–water partition coefficient (Wildman–Crippen LogP) is 1.23. The van der Waals surface area contributed by atoms with Crippen LogP contribution in [-0.4, -0.2) is 23.2 Å². The fraction of sp³-hybridized carbons (Fsp3) is 0.200. The number of nitrogens with zero attached hydrogens (tertiary/aromatic N) is 3. The fourth-order valence-corrected chi connectivity index (χ4v) is 1.31. The Labute approximate surface area is 92.6 Å². The highest BCUT2D eigenvalue weighted by molar-refractivity contribution is 6.29. The Kier molecular flexibility index (Phi) is 3.51. The second-order valence-corrected chi connectivity index (χ2v) is 3.24. The van der Waals surface area contributed by atoms with Crippen molar-refractivity contribution in [3.63, 3.8) is 0 Å². The van der Waals surface area contributed by atoms with Crippen LogP contribution >= 0.6 is 11.6 Å². The molecule has 0 aliphatic carbocycles. The summed E-state index contributed by atoms with van der Waals surface area (Å²) in [6.07, 6.45) is 3.49. The highest BCUT2D eigenvalue weighted by Crippen LogP contribution is 2.23. The van der Waals surface area contributed by atoms with Gasteiger partial charge in [0, 0.05) is 7.05 Å². The van der Waals surface area contributed by atoms with Crippen LogP contribution in [0.3, 0.4) is 0 Å². The minimum absolute atomic E-state index is 0.0116. The molecule has 4 nitrogen and oxygen atoms in total. The molecule has 0 aromatic rings. The lowest BCUT2D eigenvalue weighted by molar-refractivity contribution is 0.267. The quantitative estimate of drug-likeness (QED) is 0.411. The van der Waals surface area contributed by atoms with E-state index in [1.165, 1.54) is 4.90 Å². The lowest BCUT2D eigenvalue weighted by Gasteiger charge is -2.23. The smallest absolute Gasteiger partial charge is 0.177 e. The zero-order valence-electron chi connectivity index (χ0n) is 7.98. The SMILES string of the molecule is CN1C(Cl)=CC=CC1=C(C#N)C(O)C#N. The summed E-state index contributed by atoms with van der Waals surface area (Å²) in [5.41, 5.74) is 0.418. The van der Waals surface area contributed by atoms with Gasteiger partial charge in [-0.05, 0) is 12.2 Å². The normalized spacial score (nSPS) is 20.1. The first-order valence-corrected chi connectivity index (χ1v) is 4.49. The molecule has 0 saturated carbocycles. The van der Waals surface area contributed by atoms with Gasteiger partial charge in [-0.15, -0.1) is 0 Å². The lowest BCUT2D eigenvalue weighted by Crippen LogP contribution is -2.20. The minimum Gasteiger partial charge on any atom is -0.373 e. The first-order valence-electron chi connectivity index (χ1n) is 4.11. The van der Waals surface area contributed by atoms with Gasteiger partial charge >= 0.3 is 0 Å². The zero-order valence-corrected chi connectivity index (χ0v) is 8.73. The zero-order chi connectivity index (χ0) is 11.4. The van der Waals surface area contributed by atoms with Gasteiger partial charge in [-0.25, -0.2) is 0 Å². The molecule has 1 unspecified atom stereocenters. The molecule has 15 heavy (non-hydrogen) atoms. The van der Waals surface area contributed by atoms with Crippen LogP contribution in [0.1, 0.15) is 0 Å². The van der Waals surface area contributed by atoms with Crippen LogP contribution in [0.25, 0.3) is 0 Å². The van der Waals surface area contributed by atoms with Crippen molar-refractivity contribution in [3.05, 3.63) is 34.7 Å². The molecule has 0 bridgehead atoms. The molecule has 1 N–H and O–H groups in total. The van der Waals surface area contributed by atoms with Crippen molar-refractivity contribution in [2.24, 2.45) is 0 Å². The number of rotatable bonds is 1. The Morgan fingerprint density at radius 3 is 2.80 bits per heavy atom. The van der Waals surface area contributed by atoms with E-state index >= 15 is 0 Å². The van der Waals surface area contributed by atoms with Crippen molar-refractivity contribution in [1.82, 2.24) is 4.90 Å². The minimum atomic E-state index is -1.43. The first kappa shape index (κ1) is 11.3. The maximum atomic E-state index is 9.31. The van der Waals surface area contributed by atoms with E-state index in [0.29, 0.717) is 10.9 Å². The molecule has 1 rings (SSSR count). The monoisotopic (exact) mass is 221 g/mol. The Bertz CT molecular complexity index is 437. The predicted molar refractivity (Wildman–Crippen MR) is 55.1 cm³/mol. The standard InChI is InChI=1S/C10H8ClN3O/c1-14-8(3-2-4-10(14)11)7(5-12)9(15)6-13/h2-4,9,15H,1H3. The van der Waals surface area contributed by atoms with Crippen LogP contribution < -0.4 is 0 Å². The maximum Gasteiger partial charge on any atom is 0.177 e. The molecule has 0 saturated heterocycles. The summed E-state index contributed by atoms with van der Waals surface area (Å²) < 4.78 is 0. The molecule has 0 fully saturated rings. The van der Waals surface area contributed by atoms with Crippen LogP contribution in [0.2, 0.25) is 0 Å². The average Bonchev–Trinajstić information content (AvgIpc) is 2.24. The second-order valence-electron chi connectivity index (χ2n) is 2.85. The summed E-state index contributed by atoms with van der Waals surface area (Å²) in [6.45, 7) is 0. The summed E-state index contributed by atoms with van der Waals surface area (Å²) in [6, 6.07) is 3.40. The van der Waals surface area contributed by atoms with E-state index in [-0.39, 0.29) is 5.57 Å². The Morgan fingerprint density at radius 2 is 2.27 bits per heavy atom. The van der Waals surface area contributed by atoms with Crippen molar-refractivity contribution in [2.45, 2.75) is 6.10 Å². The first-order chi connectivity index (χ1) is 7.11. The molecular formula is C10H8ClN3O. The Balaban J connectivity index is 3.21. The third-order valence-corrected chi connectivity index (χ3v) is 2.34. The molecule has 0 aromatic carbocycles. The van der Waals surface area contributed by atoms with E-state index in [2.05, 4.69) is 0 Å². The molecule has 1 atom stereocenters. The number of allylic oxidation sites excluding steroid dienone is 3. The van der Waals surface area contributed by atoms with Crippen molar-refractivity contribution in [2.75, 3.05) is 7.05 Å². The molecule has 0 aromatic heterocycles. The topological polar surface area (TPSA) is 71.1 Å². The molecule has 0 radical (unpaired) electrons. The van der Waals surface area contributed by atoms with E-state index < -0.39 is 6.10 Å². The van der Waals surface area contributed by atoms with E-state index in [9.17, 15) is 5.11 Å². The van der Waals surface area contributed by atoms with Gasteiger partial charge < -0.3 is 10.0 Å². The van der Waals surface area contributed by atoms with E-state index in [4.69, 9.17) is 22.1 Å². The summed E-state index contributed by atoms with van der Waals surface area (Å²) >= 11 is 5.84. The third-order valence-electron chi connectivity index (χ3n) is 1.96. The van der Waals surface area contributed by atoms with Crippen LogP contribution in [0.15, 0.2) is 34.7 Å². The molecule has 5 heteroatoms. The van der Waals surface area contributed by atoms with Crippen LogP contribution in [0.5, 0.6) is 0 Å². The van der Waals surface area contributed by atoms with Gasteiger partial charge in [0.2, 0.25) is 0 Å². The number of hydrogen-bond acceptors (Lipinski definition) is 4. The number of halogens is 1. The fourth-order valence-electron chi connectivity index (χ4n) is 1.15. The molecule has 1 aliphatic heterocycles. The van der Waals surface area contributed by atoms with Gasteiger partial charge in [0.1, 0.15) is 11.2 Å². The average molecular weight is 222 g/mol. The summed E-state index contributed by atoms with van der Waals surface area (Å²) in [5.74, 6) is 0. The Hall–Kier alpha value is -1.75. The number of nitriles is 2. The number of aliphatic hydroxyl groups excluding tert-OH is 1. The van der Waals surface area contributed by atoms with Crippen LogP contribution in [0.4, 0.5) is 0 Å². The molecule has 1 heterocycles. The highest BCUT2D eigenvalue weighted by Gasteiger charge is 2.19. The summed E-state index contributed by atoms with van der Waals surface area (Å²) in [7, 11) is 1.65. The van der Waals surface area contributed by atoms with Crippen molar-refractivity contribution >= 4 is 11.6 Å². The van der Waals surface area contributed by atoms with Crippen molar-refractivity contribution in [1.29, 1.82) is 10.5 Å². The third kappa shape index (κ3) is 2.19. The number of hydrogen-bond donors (Lipinski definition) is 1. The molecule has 0 amide bonds. The van der Waals surface area contributed by atoms with Crippen LogP contribution in [0, 0.1) is 22.7 Å². The maximum absolute atomic E-state index is 9.31. The van der Waals surface area contributed by atoms with Gasteiger partial charge in [0.15, 0.2) is 6.10 Å². The van der Waals surface area contributed by atoms with Crippen molar-refractivity contribution < 1.29 is 5.11 Å².